The molecule has 4 aromatic heterocycles. The van der Waals surface area contributed by atoms with Gasteiger partial charge in [-0.1, -0.05) is 323 Å². The predicted octanol–water partition coefficient (Wildman–Crippen LogP) is 32.4. The Kier molecular flexibility index (Phi) is 44.0. The summed E-state index contributed by atoms with van der Waals surface area (Å²) in [6, 6.07) is 76.0. The number of hydrogen-bond acceptors (Lipinski definition) is 12. The SMILES string of the molecule is CC(=O)Nc1ccc(-c2ccc(C(C)C)cc2C)cn1.CC(C)c1ccc(C(O)COCC(C)(F)F)cc1.CCc1ccc(-c2ccc(C(C)C)cc2C)cc1.Cc1cc(C(C)C)ccc1-c1ccnn1C.Cc1cc(C(C)C)ccc1-c1cnc(N(C)C)nc1.Cc1cc(C(C)C)ccc1-c1cncnc1.Cc1cc(C(C)C)ccc1C1=CNNC1C(C)(F)F.Cc1cccc(-c2ccc(C(C)C)cc2C)c1. The number of hydrazine groups is 1. The van der Waals surface area contributed by atoms with Crippen molar-refractivity contribution in [3.8, 4) is 66.9 Å². The number of nitrogens with one attached hydrogen (secondary N) is 3. The number of nitrogens with zero attached hydrogens (tertiary/aromatic N) is 8. The average molecular weight is 1940 g/mol. The van der Waals surface area contributed by atoms with Crippen LogP contribution in [0.3, 0.4) is 0 Å². The molecule has 14 aromatic rings. The number of aliphatic hydroxyl groups excluding tert-OH is 1. The molecule has 15 rings (SSSR count). The third-order valence-electron chi connectivity index (χ3n) is 25.3. The zero-order valence-electron chi connectivity index (χ0n) is 90.7. The molecule has 0 radical (unpaired) electrons. The maximum absolute atomic E-state index is 13.6. The minimum atomic E-state index is -2.86. The maximum atomic E-state index is 13.6. The number of hydrogen-bond donors (Lipinski definition) is 4. The number of carbonyl (C=O) groups excluding carboxylic acids is 1. The molecule has 2 unspecified atom stereocenters. The predicted molar refractivity (Wildman–Crippen MR) is 594 cm³/mol. The molecule has 2 atom stereocenters. The van der Waals surface area contributed by atoms with E-state index in [1.807, 2.05) is 105 Å². The van der Waals surface area contributed by atoms with Gasteiger partial charge in [0.1, 0.15) is 30.9 Å². The third-order valence-corrected chi connectivity index (χ3v) is 25.3. The first-order valence-electron chi connectivity index (χ1n) is 50.2. The number of anilines is 2. The van der Waals surface area contributed by atoms with Crippen LogP contribution in [0.2, 0.25) is 0 Å². The number of halogens is 4. The first-order valence-corrected chi connectivity index (χ1v) is 50.2. The van der Waals surface area contributed by atoms with Crippen molar-refractivity contribution in [3.05, 3.63) is 374 Å². The fourth-order valence-electron chi connectivity index (χ4n) is 16.4. The van der Waals surface area contributed by atoms with Gasteiger partial charge in [-0.05, 0) is 266 Å². The summed E-state index contributed by atoms with van der Waals surface area (Å²) in [6.45, 7) is 56.7. The number of benzene rings is 10. The zero-order chi connectivity index (χ0) is 105. The number of aromatic nitrogens is 7. The van der Waals surface area contributed by atoms with Gasteiger partial charge in [-0.3, -0.25) is 9.48 Å². The molecule has 0 fully saturated rings. The Morgan fingerprint density at radius 1 is 0.434 bits per heavy atom. The van der Waals surface area contributed by atoms with E-state index in [0.717, 1.165) is 54.0 Å². The van der Waals surface area contributed by atoms with Gasteiger partial charge >= 0.3 is 0 Å². The second-order valence-electron chi connectivity index (χ2n) is 40.5. The number of amides is 1. The van der Waals surface area contributed by atoms with Crippen molar-refractivity contribution in [3.63, 3.8) is 0 Å². The molecule has 758 valence electrons. The van der Waals surface area contributed by atoms with Crippen LogP contribution in [-0.4, -0.2) is 90.9 Å². The lowest BCUT2D eigenvalue weighted by Gasteiger charge is -2.23. The molecular formula is C125H157F4N11O3. The van der Waals surface area contributed by atoms with Crippen LogP contribution in [0.1, 0.15) is 298 Å². The molecule has 5 heterocycles. The molecule has 0 saturated carbocycles. The summed E-state index contributed by atoms with van der Waals surface area (Å²) in [7, 11) is 5.86. The number of rotatable bonds is 24. The number of aliphatic hydroxyl groups is 1. The Morgan fingerprint density at radius 3 is 1.15 bits per heavy atom. The zero-order valence-corrected chi connectivity index (χ0v) is 90.7. The molecule has 14 nitrogen and oxygen atoms in total. The fourth-order valence-corrected chi connectivity index (χ4v) is 16.4. The van der Waals surface area contributed by atoms with Crippen molar-refractivity contribution >= 4 is 23.2 Å². The van der Waals surface area contributed by atoms with E-state index in [0.29, 0.717) is 64.3 Å². The largest absolute Gasteiger partial charge is 0.386 e. The van der Waals surface area contributed by atoms with Crippen molar-refractivity contribution < 1.29 is 32.2 Å². The minimum Gasteiger partial charge on any atom is -0.386 e. The Labute approximate surface area is 852 Å². The molecule has 1 amide bonds. The highest BCUT2D eigenvalue weighted by atomic mass is 19.3. The minimum absolute atomic E-state index is 0.109. The third kappa shape index (κ3) is 35.3. The van der Waals surface area contributed by atoms with Crippen LogP contribution < -0.4 is 21.1 Å². The van der Waals surface area contributed by atoms with E-state index >= 15 is 0 Å². The standard InChI is InChI=1S/C18H22.C17H20N2O.C17H20.C16H21N3.C15H20F2N2.C14H20F2O2.C14H18N2.C14H16N2/c1-5-15-6-8-16(9-7-15)18-11-10-17(13(2)3)12-14(18)4;1-11(2)14-5-7-16(12(3)9-14)15-6-8-17(18-10-15)19-13(4)20;1-12(2)15-8-9-17(14(4)11-15)16-7-5-6-13(3)10-16;1-11(2)13-6-7-15(12(3)8-13)14-9-17-16(18-10-14)19(4)5;1-9(2)11-5-6-12(10(3)7-11)13-8-18-19-14(13)15(4,16)17;1-10(2)11-4-6-12(7-5-11)13(17)8-18-9-14(3,15)16;1-10(2)12-5-6-13(11(3)9-12)14-7-8-15-16(14)4;1-10(2)12-4-5-14(11(3)6-12)13-7-15-9-16-8-13/h6-13H,5H2,1-4H3;5-11H,1-4H3,(H,18,19,20);5-12H,1-4H3;6-11H,1-5H3;5-9,14,18-19H,1-4H3;4-7,10,13,17H,8-9H2,1-3H3;5-10H,1-4H3;4-10H,1-3H3. The second kappa shape index (κ2) is 54.6. The molecule has 0 saturated heterocycles. The van der Waals surface area contributed by atoms with E-state index < -0.39 is 30.6 Å². The van der Waals surface area contributed by atoms with E-state index in [9.17, 15) is 27.5 Å². The molecule has 4 N–H and O–H groups in total. The molecule has 0 bridgehead atoms. The van der Waals surface area contributed by atoms with Crippen molar-refractivity contribution in [2.24, 2.45) is 7.05 Å². The lowest BCUT2D eigenvalue weighted by Crippen LogP contribution is -2.43. The Bertz CT molecular complexity index is 6370. The van der Waals surface area contributed by atoms with Gasteiger partial charge in [-0.15, -0.1) is 0 Å². The van der Waals surface area contributed by atoms with E-state index in [4.69, 9.17) is 4.74 Å². The molecule has 0 aliphatic carbocycles. The highest BCUT2D eigenvalue weighted by Gasteiger charge is 2.40. The van der Waals surface area contributed by atoms with Crippen LogP contribution in [0.4, 0.5) is 29.3 Å². The van der Waals surface area contributed by atoms with Gasteiger partial charge in [0, 0.05) is 113 Å². The van der Waals surface area contributed by atoms with Crippen molar-refractivity contribution in [1.82, 2.24) is 45.6 Å². The van der Waals surface area contributed by atoms with E-state index in [-0.39, 0.29) is 12.5 Å². The van der Waals surface area contributed by atoms with E-state index in [1.54, 1.807) is 30.9 Å². The molecular weight excluding hydrogens is 1780 g/mol. The van der Waals surface area contributed by atoms with Gasteiger partial charge in [0.15, 0.2) is 0 Å². The summed E-state index contributed by atoms with van der Waals surface area (Å²) in [4.78, 5) is 34.0. The van der Waals surface area contributed by atoms with Gasteiger partial charge in [0.05, 0.1) is 12.3 Å². The quantitative estimate of drug-likeness (QED) is 0.0423. The van der Waals surface area contributed by atoms with E-state index in [1.165, 1.54) is 146 Å². The smallest absolute Gasteiger partial charge is 0.268 e. The average Bonchev–Trinajstić information content (AvgIpc) is 1.66. The summed E-state index contributed by atoms with van der Waals surface area (Å²) in [5, 5.41) is 16.7. The first-order chi connectivity index (χ1) is 67.5. The molecule has 10 aromatic carbocycles. The highest BCUT2D eigenvalue weighted by Crippen LogP contribution is 2.38. The molecule has 0 spiro atoms. The Hall–Kier alpha value is -12.9. The van der Waals surface area contributed by atoms with Crippen LogP contribution >= 0.6 is 0 Å². The summed E-state index contributed by atoms with van der Waals surface area (Å²) >= 11 is 0. The van der Waals surface area contributed by atoms with Crippen LogP contribution in [-0.2, 0) is 23.0 Å². The fraction of sp³-hybridized carbons (Fsp3) is 0.368. The number of pyridine rings is 1. The lowest BCUT2D eigenvalue weighted by atomic mass is 9.90. The highest BCUT2D eigenvalue weighted by molar-refractivity contribution is 5.88. The van der Waals surface area contributed by atoms with Gasteiger partial charge in [0.25, 0.3) is 11.8 Å². The maximum Gasteiger partial charge on any atom is 0.268 e. The molecule has 1 aliphatic rings. The number of alkyl halides is 4. The van der Waals surface area contributed by atoms with Gasteiger partial charge < -0.3 is 25.5 Å². The van der Waals surface area contributed by atoms with Gasteiger partial charge in [0.2, 0.25) is 11.9 Å². The molecule has 18 heteroatoms. The topological polar surface area (TPSA) is 168 Å². The summed E-state index contributed by atoms with van der Waals surface area (Å²) < 4.78 is 58.8. The van der Waals surface area contributed by atoms with Gasteiger partial charge in [-0.25, -0.2) is 47.9 Å². The first kappa shape index (κ1) is 115. The summed E-state index contributed by atoms with van der Waals surface area (Å²) in [6.07, 6.45) is 14.5. The van der Waals surface area contributed by atoms with Crippen molar-refractivity contribution in [2.75, 3.05) is 37.5 Å². The van der Waals surface area contributed by atoms with E-state index in [2.05, 4.69) is 382 Å². The van der Waals surface area contributed by atoms with Gasteiger partial charge in [-0.2, -0.15) is 5.10 Å². The Balaban J connectivity index is 0.000000200. The lowest BCUT2D eigenvalue weighted by molar-refractivity contribution is -0.114. The van der Waals surface area contributed by atoms with Crippen LogP contribution in [0, 0.1) is 55.4 Å². The molecule has 143 heavy (non-hydrogen) atoms. The summed E-state index contributed by atoms with van der Waals surface area (Å²) in [5.41, 5.74) is 44.3. The molecule has 1 aliphatic heterocycles. The number of aryl methyl sites for hydroxylation is 10. The van der Waals surface area contributed by atoms with Crippen LogP contribution in [0.15, 0.2) is 268 Å². The number of carbonyl (C=O) groups is 1. The summed E-state index contributed by atoms with van der Waals surface area (Å²) in [5.74, 6) is -0.167. The monoisotopic (exact) mass is 1940 g/mol. The number of ether oxygens (including phenoxy) is 1. The van der Waals surface area contributed by atoms with Crippen LogP contribution in [0.5, 0.6) is 0 Å². The normalized spacial score (nSPS) is 12.4. The Morgan fingerprint density at radius 2 is 0.797 bits per heavy atom. The van der Waals surface area contributed by atoms with Crippen molar-refractivity contribution in [2.45, 2.75) is 272 Å². The van der Waals surface area contributed by atoms with Crippen molar-refractivity contribution in [1.29, 1.82) is 0 Å². The second-order valence-corrected chi connectivity index (χ2v) is 40.5. The van der Waals surface area contributed by atoms with Crippen LogP contribution in [0.25, 0.3) is 72.5 Å².